The van der Waals surface area contributed by atoms with Crippen molar-refractivity contribution in [3.05, 3.63) is 96.3 Å². The van der Waals surface area contributed by atoms with Gasteiger partial charge in [0, 0.05) is 34.5 Å². The molecule has 0 saturated carbocycles. The van der Waals surface area contributed by atoms with Gasteiger partial charge in [-0.3, -0.25) is 4.79 Å². The number of hydrogen-bond donors (Lipinski definition) is 2. The summed E-state index contributed by atoms with van der Waals surface area (Å²) in [7, 11) is 1.57. The van der Waals surface area contributed by atoms with Gasteiger partial charge in [0.05, 0.1) is 18.5 Å². The topological polar surface area (TPSA) is 121 Å². The standard InChI is InChI=1S/C30H26FN5O4/c1-18-24-13-21(20-5-10-28(38-2)33-16-20)14-27(29(24)35-17-34-18)40-12-11-39-23-7-3-19(4-8-23)30(37)36-26-9-6-22(31)15-25(26)32/h3-10,13-17H,11-12,32H2,1-2H3,(H,36,37). The molecule has 40 heavy (non-hydrogen) atoms. The molecule has 0 saturated heterocycles. The summed E-state index contributed by atoms with van der Waals surface area (Å²) in [5, 5.41) is 3.55. The maximum absolute atomic E-state index is 13.2. The molecule has 3 aromatic carbocycles. The molecule has 10 heteroatoms. The number of ether oxygens (including phenoxy) is 3. The van der Waals surface area contributed by atoms with Gasteiger partial charge < -0.3 is 25.3 Å². The minimum atomic E-state index is -0.472. The number of carbonyl (C=O) groups excluding carboxylic acids is 1. The van der Waals surface area contributed by atoms with Gasteiger partial charge in [0.15, 0.2) is 0 Å². The van der Waals surface area contributed by atoms with Crippen LogP contribution in [0.4, 0.5) is 15.8 Å². The van der Waals surface area contributed by atoms with Gasteiger partial charge in [-0.1, -0.05) is 0 Å². The van der Waals surface area contributed by atoms with Crippen LogP contribution < -0.4 is 25.3 Å². The molecule has 2 heterocycles. The Kier molecular flexibility index (Phi) is 7.68. The fraction of sp³-hybridized carbons (Fsp3) is 0.133. The molecule has 0 radical (unpaired) electrons. The van der Waals surface area contributed by atoms with Crippen molar-refractivity contribution in [3.8, 4) is 28.5 Å². The highest BCUT2D eigenvalue weighted by atomic mass is 19.1. The van der Waals surface area contributed by atoms with Crippen LogP contribution in [0.15, 0.2) is 79.3 Å². The first-order chi connectivity index (χ1) is 19.4. The summed E-state index contributed by atoms with van der Waals surface area (Å²) >= 11 is 0. The normalized spacial score (nSPS) is 10.8. The van der Waals surface area contributed by atoms with Crippen molar-refractivity contribution in [2.45, 2.75) is 6.92 Å². The van der Waals surface area contributed by atoms with Gasteiger partial charge in [0.1, 0.15) is 42.4 Å². The van der Waals surface area contributed by atoms with Crippen LogP contribution in [-0.4, -0.2) is 41.2 Å². The largest absolute Gasteiger partial charge is 0.490 e. The molecule has 0 aliphatic heterocycles. The number of amides is 1. The lowest BCUT2D eigenvalue weighted by molar-refractivity contribution is 0.102. The summed E-state index contributed by atoms with van der Waals surface area (Å²) in [6.07, 6.45) is 3.25. The number of halogens is 1. The molecular formula is C30H26FN5O4. The number of rotatable bonds is 9. The van der Waals surface area contributed by atoms with Crippen LogP contribution in [0.2, 0.25) is 0 Å². The summed E-state index contributed by atoms with van der Waals surface area (Å²) in [6.45, 7) is 2.44. The Hall–Kier alpha value is -5.25. The van der Waals surface area contributed by atoms with Gasteiger partial charge in [-0.2, -0.15) is 0 Å². The lowest BCUT2D eigenvalue weighted by atomic mass is 10.0. The lowest BCUT2D eigenvalue weighted by Gasteiger charge is -2.13. The molecule has 0 bridgehead atoms. The van der Waals surface area contributed by atoms with Crippen LogP contribution in [0.3, 0.4) is 0 Å². The van der Waals surface area contributed by atoms with E-state index in [1.165, 1.54) is 18.5 Å². The Morgan fingerprint density at radius 2 is 1.73 bits per heavy atom. The number of benzene rings is 3. The van der Waals surface area contributed by atoms with Crippen LogP contribution in [0.1, 0.15) is 16.1 Å². The highest BCUT2D eigenvalue weighted by molar-refractivity contribution is 6.05. The highest BCUT2D eigenvalue weighted by Gasteiger charge is 2.12. The Balaban J connectivity index is 1.23. The number of nitrogen functional groups attached to an aromatic ring is 1. The van der Waals surface area contributed by atoms with E-state index in [2.05, 4.69) is 20.3 Å². The van der Waals surface area contributed by atoms with Gasteiger partial charge in [0.25, 0.3) is 5.91 Å². The molecular weight excluding hydrogens is 513 g/mol. The summed E-state index contributed by atoms with van der Waals surface area (Å²) in [6, 6.07) is 18.1. The molecule has 3 N–H and O–H groups in total. The first-order valence-corrected chi connectivity index (χ1v) is 12.4. The number of nitrogens with one attached hydrogen (secondary N) is 1. The third kappa shape index (κ3) is 5.91. The number of nitrogens with zero attached hydrogens (tertiary/aromatic N) is 3. The van der Waals surface area contributed by atoms with Gasteiger partial charge >= 0.3 is 0 Å². The summed E-state index contributed by atoms with van der Waals surface area (Å²) < 4.78 is 30.3. The second kappa shape index (κ2) is 11.6. The molecule has 1 amide bonds. The minimum absolute atomic E-state index is 0.147. The van der Waals surface area contributed by atoms with Crippen molar-refractivity contribution >= 4 is 28.2 Å². The van der Waals surface area contributed by atoms with Crippen molar-refractivity contribution < 1.29 is 23.4 Å². The van der Waals surface area contributed by atoms with Crippen molar-refractivity contribution in [3.63, 3.8) is 0 Å². The zero-order chi connectivity index (χ0) is 28.1. The number of fused-ring (bicyclic) bond motifs is 1. The van der Waals surface area contributed by atoms with Crippen LogP contribution in [0.5, 0.6) is 17.4 Å². The Morgan fingerprint density at radius 3 is 2.45 bits per heavy atom. The Labute approximate surface area is 229 Å². The van der Waals surface area contributed by atoms with Crippen molar-refractivity contribution in [2.24, 2.45) is 0 Å². The van der Waals surface area contributed by atoms with Crippen LogP contribution >= 0.6 is 0 Å². The van der Waals surface area contributed by atoms with E-state index < -0.39 is 5.82 Å². The van der Waals surface area contributed by atoms with Gasteiger partial charge in [-0.25, -0.2) is 19.3 Å². The van der Waals surface area contributed by atoms with E-state index in [1.807, 2.05) is 25.1 Å². The Morgan fingerprint density at radius 1 is 0.925 bits per heavy atom. The number of pyridine rings is 1. The first kappa shape index (κ1) is 26.4. The van der Waals surface area contributed by atoms with E-state index in [9.17, 15) is 9.18 Å². The van der Waals surface area contributed by atoms with Gasteiger partial charge in [-0.05, 0) is 73.2 Å². The molecule has 0 aliphatic rings. The molecule has 5 aromatic rings. The average molecular weight is 540 g/mol. The quantitative estimate of drug-likeness (QED) is 0.188. The van der Waals surface area contributed by atoms with Gasteiger partial charge in [0.2, 0.25) is 5.88 Å². The summed E-state index contributed by atoms with van der Waals surface area (Å²) in [4.78, 5) is 25.6. The molecule has 0 fully saturated rings. The van der Waals surface area contributed by atoms with Crippen molar-refractivity contribution in [1.29, 1.82) is 0 Å². The minimum Gasteiger partial charge on any atom is -0.490 e. The third-order valence-electron chi connectivity index (χ3n) is 6.17. The monoisotopic (exact) mass is 539 g/mol. The van der Waals surface area contributed by atoms with E-state index in [4.69, 9.17) is 19.9 Å². The molecule has 0 atom stereocenters. The SMILES string of the molecule is COc1ccc(-c2cc(OCCOc3ccc(C(=O)Nc4ccc(F)cc4N)cc3)c3ncnc(C)c3c2)cn1. The smallest absolute Gasteiger partial charge is 0.255 e. The number of carbonyl (C=O) groups is 1. The molecule has 2 aromatic heterocycles. The zero-order valence-electron chi connectivity index (χ0n) is 21.8. The second-order valence-electron chi connectivity index (χ2n) is 8.83. The Bertz CT molecular complexity index is 1660. The molecule has 9 nitrogen and oxygen atoms in total. The van der Waals surface area contributed by atoms with Crippen LogP contribution in [-0.2, 0) is 0 Å². The number of hydrogen-bond acceptors (Lipinski definition) is 8. The third-order valence-corrected chi connectivity index (χ3v) is 6.17. The predicted octanol–water partition coefficient (Wildman–Crippen LogP) is 5.44. The second-order valence-corrected chi connectivity index (χ2v) is 8.83. The number of aryl methyl sites for hydroxylation is 1. The maximum Gasteiger partial charge on any atom is 0.255 e. The van der Waals surface area contributed by atoms with E-state index >= 15 is 0 Å². The first-order valence-electron chi connectivity index (χ1n) is 12.4. The van der Waals surface area contributed by atoms with Crippen LogP contribution in [0, 0.1) is 12.7 Å². The number of methoxy groups -OCH3 is 1. The van der Waals surface area contributed by atoms with Gasteiger partial charge in [-0.15, -0.1) is 0 Å². The van der Waals surface area contributed by atoms with E-state index in [0.717, 1.165) is 28.3 Å². The van der Waals surface area contributed by atoms with Crippen LogP contribution in [0.25, 0.3) is 22.0 Å². The van der Waals surface area contributed by atoms with E-state index in [-0.39, 0.29) is 24.8 Å². The fourth-order valence-corrected chi connectivity index (χ4v) is 4.06. The number of aromatic nitrogens is 3. The van der Waals surface area contributed by atoms with Crippen molar-refractivity contribution in [2.75, 3.05) is 31.4 Å². The van der Waals surface area contributed by atoms with Crippen molar-refractivity contribution in [1.82, 2.24) is 15.0 Å². The number of nitrogens with two attached hydrogens (primary N) is 1. The van der Waals surface area contributed by atoms with E-state index in [0.29, 0.717) is 34.1 Å². The molecule has 0 aliphatic carbocycles. The molecule has 202 valence electrons. The maximum atomic E-state index is 13.2. The average Bonchev–Trinajstić information content (AvgIpc) is 2.97. The zero-order valence-corrected chi connectivity index (χ0v) is 21.8. The fourth-order valence-electron chi connectivity index (χ4n) is 4.06. The molecule has 0 unspecified atom stereocenters. The number of anilines is 2. The molecule has 0 spiro atoms. The lowest BCUT2D eigenvalue weighted by Crippen LogP contribution is -2.13. The van der Waals surface area contributed by atoms with E-state index in [1.54, 1.807) is 43.6 Å². The summed E-state index contributed by atoms with van der Waals surface area (Å²) in [5.41, 5.74) is 10.0. The predicted molar refractivity (Wildman–Crippen MR) is 150 cm³/mol. The summed E-state index contributed by atoms with van der Waals surface area (Å²) in [5.74, 6) is 0.861. The highest BCUT2D eigenvalue weighted by Crippen LogP contribution is 2.32. The molecule has 5 rings (SSSR count).